The summed E-state index contributed by atoms with van der Waals surface area (Å²) in [6, 6.07) is 1.50. The maximum atomic E-state index is 11.2. The summed E-state index contributed by atoms with van der Waals surface area (Å²) < 4.78 is 18.9. The summed E-state index contributed by atoms with van der Waals surface area (Å²) in [5, 5.41) is 0. The second kappa shape index (κ2) is 7.20. The lowest BCUT2D eigenvalue weighted by molar-refractivity contribution is 0.0925. The molecule has 1 rings (SSSR count). The van der Waals surface area contributed by atoms with Crippen molar-refractivity contribution < 1.29 is 28.5 Å². The molecule has 0 aliphatic heterocycles. The molecule has 0 aromatic carbocycles. The largest absolute Gasteiger partial charge is 0.515 e. The molecule has 0 spiro atoms. The van der Waals surface area contributed by atoms with Crippen molar-refractivity contribution in [3.05, 3.63) is 17.8 Å². The number of nitrogens with zero attached hydrogens (tertiary/aromatic N) is 1. The van der Waals surface area contributed by atoms with Crippen LogP contribution >= 0.6 is 0 Å². The molecule has 104 valence electrons. The number of carbonyl (C=O) groups excluding carboxylic acids is 2. The van der Waals surface area contributed by atoms with Crippen LogP contribution in [0.4, 0.5) is 9.59 Å². The highest BCUT2D eigenvalue weighted by molar-refractivity contribution is 5.67. The first-order valence-corrected chi connectivity index (χ1v) is 5.72. The fourth-order valence-electron chi connectivity index (χ4n) is 1.14. The minimum atomic E-state index is -0.924. The van der Waals surface area contributed by atoms with Crippen LogP contribution in [0.1, 0.15) is 19.4 Å². The average Bonchev–Trinajstić information content (AvgIpc) is 2.33. The van der Waals surface area contributed by atoms with Gasteiger partial charge in [0.2, 0.25) is 0 Å². The molecule has 0 saturated carbocycles. The van der Waals surface area contributed by atoms with Crippen molar-refractivity contribution in [2.45, 2.75) is 20.8 Å². The number of ether oxygens (including phenoxy) is 4. The summed E-state index contributed by atoms with van der Waals surface area (Å²) in [5.41, 5.74) is 0.732. The van der Waals surface area contributed by atoms with Gasteiger partial charge in [-0.1, -0.05) is 0 Å². The van der Waals surface area contributed by atoms with E-state index in [9.17, 15) is 9.59 Å². The van der Waals surface area contributed by atoms with Crippen LogP contribution in [0.2, 0.25) is 0 Å². The molecule has 0 aliphatic carbocycles. The van der Waals surface area contributed by atoms with Gasteiger partial charge >= 0.3 is 12.3 Å². The van der Waals surface area contributed by atoms with Crippen LogP contribution in [0.3, 0.4) is 0 Å². The van der Waals surface area contributed by atoms with Gasteiger partial charge in [-0.25, -0.2) is 14.6 Å². The van der Waals surface area contributed by atoms with Gasteiger partial charge in [-0.05, 0) is 32.4 Å². The molecule has 0 amide bonds. The first-order valence-electron chi connectivity index (χ1n) is 5.72. The normalized spacial score (nSPS) is 9.63. The molecule has 0 atom stereocenters. The molecule has 0 radical (unpaired) electrons. The molecular weight excluding hydrogens is 254 g/mol. The molecule has 1 aromatic heterocycles. The van der Waals surface area contributed by atoms with Crippen LogP contribution < -0.4 is 9.47 Å². The Labute approximate surface area is 110 Å². The lowest BCUT2D eigenvalue weighted by Gasteiger charge is -2.09. The van der Waals surface area contributed by atoms with Crippen molar-refractivity contribution in [2.24, 2.45) is 0 Å². The number of pyridine rings is 1. The Bertz CT molecular complexity index is 460. The molecule has 7 nitrogen and oxygen atoms in total. The van der Waals surface area contributed by atoms with Gasteiger partial charge in [0.25, 0.3) is 5.88 Å². The zero-order valence-corrected chi connectivity index (χ0v) is 11.0. The van der Waals surface area contributed by atoms with Gasteiger partial charge in [0.05, 0.1) is 13.2 Å². The van der Waals surface area contributed by atoms with E-state index in [1.54, 1.807) is 20.8 Å². The van der Waals surface area contributed by atoms with Crippen molar-refractivity contribution in [2.75, 3.05) is 13.2 Å². The molecule has 0 aliphatic rings. The monoisotopic (exact) mass is 269 g/mol. The molecule has 0 saturated heterocycles. The lowest BCUT2D eigenvalue weighted by atomic mass is 10.3. The highest BCUT2D eigenvalue weighted by Gasteiger charge is 2.16. The van der Waals surface area contributed by atoms with Crippen LogP contribution in [0.25, 0.3) is 0 Å². The fraction of sp³-hybridized carbons (Fsp3) is 0.417. The van der Waals surface area contributed by atoms with Crippen LogP contribution in [0, 0.1) is 6.92 Å². The van der Waals surface area contributed by atoms with Crippen molar-refractivity contribution in [1.82, 2.24) is 4.98 Å². The van der Waals surface area contributed by atoms with Gasteiger partial charge in [-0.2, -0.15) is 0 Å². The first-order chi connectivity index (χ1) is 9.06. The van der Waals surface area contributed by atoms with E-state index in [0.29, 0.717) is 0 Å². The molecule has 1 aromatic rings. The van der Waals surface area contributed by atoms with Crippen molar-refractivity contribution >= 4 is 12.3 Å². The van der Waals surface area contributed by atoms with E-state index < -0.39 is 12.3 Å². The SMILES string of the molecule is CCOC(=O)Oc1cc(C)cnc1OC(=O)OCC. The molecular formula is C12H15NO6. The summed E-state index contributed by atoms with van der Waals surface area (Å²) in [6.45, 7) is 5.37. The third-order valence-corrected chi connectivity index (χ3v) is 1.85. The lowest BCUT2D eigenvalue weighted by Crippen LogP contribution is -2.15. The van der Waals surface area contributed by atoms with Gasteiger partial charge in [-0.3, -0.25) is 0 Å². The molecule has 0 bridgehead atoms. The maximum Gasteiger partial charge on any atom is 0.515 e. The minimum absolute atomic E-state index is 0.00787. The van der Waals surface area contributed by atoms with E-state index in [2.05, 4.69) is 14.5 Å². The van der Waals surface area contributed by atoms with Crippen molar-refractivity contribution in [3.8, 4) is 11.6 Å². The Hall–Kier alpha value is -2.31. The van der Waals surface area contributed by atoms with Gasteiger partial charge in [0.1, 0.15) is 0 Å². The third-order valence-electron chi connectivity index (χ3n) is 1.85. The summed E-state index contributed by atoms with van der Waals surface area (Å²) in [4.78, 5) is 26.3. The Morgan fingerprint density at radius 3 is 2.26 bits per heavy atom. The third kappa shape index (κ3) is 4.82. The van der Waals surface area contributed by atoms with Gasteiger partial charge < -0.3 is 18.9 Å². The Balaban J connectivity index is 2.85. The molecule has 7 heteroatoms. The molecule has 0 N–H and O–H groups in total. The second-order valence-corrected chi connectivity index (χ2v) is 3.39. The Morgan fingerprint density at radius 2 is 1.68 bits per heavy atom. The fourth-order valence-corrected chi connectivity index (χ4v) is 1.14. The molecule has 1 heterocycles. The number of carbonyl (C=O) groups is 2. The van der Waals surface area contributed by atoms with Gasteiger partial charge in [0.15, 0.2) is 5.75 Å². The summed E-state index contributed by atoms with van der Waals surface area (Å²) in [6.07, 6.45) is -0.358. The predicted octanol–water partition coefficient (Wildman–Crippen LogP) is 2.46. The number of hydrogen-bond acceptors (Lipinski definition) is 7. The number of aryl methyl sites for hydroxylation is 1. The zero-order chi connectivity index (χ0) is 14.3. The molecule has 0 fully saturated rings. The summed E-state index contributed by atoms with van der Waals surface area (Å²) in [5.74, 6) is -0.163. The van der Waals surface area contributed by atoms with Crippen LogP contribution in [-0.2, 0) is 9.47 Å². The van der Waals surface area contributed by atoms with E-state index in [1.165, 1.54) is 12.3 Å². The smallest absolute Gasteiger partial charge is 0.434 e. The minimum Gasteiger partial charge on any atom is -0.434 e. The second-order valence-electron chi connectivity index (χ2n) is 3.39. The van der Waals surface area contributed by atoms with E-state index in [4.69, 9.17) is 9.47 Å². The Morgan fingerprint density at radius 1 is 1.11 bits per heavy atom. The van der Waals surface area contributed by atoms with Crippen LogP contribution in [-0.4, -0.2) is 30.5 Å². The zero-order valence-electron chi connectivity index (χ0n) is 11.0. The van der Waals surface area contributed by atoms with E-state index >= 15 is 0 Å². The van der Waals surface area contributed by atoms with Gasteiger partial charge in [-0.15, -0.1) is 0 Å². The topological polar surface area (TPSA) is 84.0 Å². The molecule has 0 unspecified atom stereocenters. The van der Waals surface area contributed by atoms with E-state index in [0.717, 1.165) is 5.56 Å². The standard InChI is InChI=1S/C12H15NO6/c1-4-16-11(14)18-9-6-8(3)7-13-10(9)19-12(15)17-5-2/h6-7H,4-5H2,1-3H3. The maximum absolute atomic E-state index is 11.2. The average molecular weight is 269 g/mol. The Kier molecular flexibility index (Phi) is 5.59. The van der Waals surface area contributed by atoms with Crippen molar-refractivity contribution in [3.63, 3.8) is 0 Å². The van der Waals surface area contributed by atoms with Crippen molar-refractivity contribution in [1.29, 1.82) is 0 Å². The van der Waals surface area contributed by atoms with E-state index in [1.807, 2.05) is 0 Å². The van der Waals surface area contributed by atoms with E-state index in [-0.39, 0.29) is 24.8 Å². The predicted molar refractivity (Wildman–Crippen MR) is 64.3 cm³/mol. The summed E-state index contributed by atoms with van der Waals surface area (Å²) >= 11 is 0. The highest BCUT2D eigenvalue weighted by atomic mass is 16.7. The van der Waals surface area contributed by atoms with Crippen LogP contribution in [0.5, 0.6) is 11.6 Å². The number of aromatic nitrogens is 1. The highest BCUT2D eigenvalue weighted by Crippen LogP contribution is 2.26. The number of rotatable bonds is 4. The summed E-state index contributed by atoms with van der Waals surface area (Å²) in [7, 11) is 0. The molecule has 19 heavy (non-hydrogen) atoms. The van der Waals surface area contributed by atoms with Gasteiger partial charge in [0, 0.05) is 6.20 Å². The number of hydrogen-bond donors (Lipinski definition) is 0. The first kappa shape index (κ1) is 14.7. The quantitative estimate of drug-likeness (QED) is 0.776. The van der Waals surface area contributed by atoms with Crippen LogP contribution in [0.15, 0.2) is 12.3 Å².